The number of carboxylic acid groups (broad SMARTS) is 1. The molecule has 1 unspecified atom stereocenters. The zero-order chi connectivity index (χ0) is 14.7. The minimum atomic E-state index is -0.975. The van der Waals surface area contributed by atoms with Crippen molar-refractivity contribution in [2.45, 2.75) is 32.4 Å². The van der Waals surface area contributed by atoms with E-state index in [1.807, 2.05) is 13.0 Å². The van der Waals surface area contributed by atoms with E-state index in [9.17, 15) is 15.0 Å². The number of nitrogens with zero attached hydrogens (tertiary/aromatic N) is 1. The smallest absolute Gasteiger partial charge is 0.338 e. The highest BCUT2D eigenvalue weighted by molar-refractivity contribution is 5.95. The molecule has 1 atom stereocenters. The molecule has 1 fully saturated rings. The number of carbonyl (C=O) groups is 1. The number of piperidine rings is 1. The first-order valence-corrected chi connectivity index (χ1v) is 7.00. The molecule has 20 heavy (non-hydrogen) atoms. The van der Waals surface area contributed by atoms with Gasteiger partial charge in [0.05, 0.1) is 11.7 Å². The molecule has 110 valence electrons. The molecule has 4 N–H and O–H groups in total. The molecule has 0 bridgehead atoms. The molecule has 0 radical (unpaired) electrons. The number of aromatic carboxylic acids is 1. The van der Waals surface area contributed by atoms with E-state index in [1.165, 1.54) is 0 Å². The van der Waals surface area contributed by atoms with Crippen molar-refractivity contribution in [3.8, 4) is 0 Å². The van der Waals surface area contributed by atoms with E-state index in [2.05, 4.69) is 4.90 Å². The largest absolute Gasteiger partial charge is 0.478 e. The van der Waals surface area contributed by atoms with Crippen LogP contribution in [0.25, 0.3) is 0 Å². The van der Waals surface area contributed by atoms with Gasteiger partial charge in [0.15, 0.2) is 0 Å². The SMILES string of the molecule is CC(O)C1CCN(Cc2cccc(N)c2C(=O)O)CC1. The zero-order valence-electron chi connectivity index (χ0n) is 11.7. The Morgan fingerprint density at radius 2 is 2.10 bits per heavy atom. The predicted molar refractivity (Wildman–Crippen MR) is 77.5 cm³/mol. The molecule has 0 aromatic heterocycles. The third-order valence-electron chi connectivity index (χ3n) is 4.11. The van der Waals surface area contributed by atoms with Gasteiger partial charge in [-0.1, -0.05) is 12.1 Å². The van der Waals surface area contributed by atoms with Crippen LogP contribution in [-0.4, -0.2) is 40.3 Å². The molecule has 2 rings (SSSR count). The molecule has 0 aliphatic carbocycles. The second-order valence-electron chi connectivity index (χ2n) is 5.54. The van der Waals surface area contributed by atoms with Crippen LogP contribution >= 0.6 is 0 Å². The lowest BCUT2D eigenvalue weighted by atomic mass is 9.92. The summed E-state index contributed by atoms with van der Waals surface area (Å²) in [6.07, 6.45) is 1.63. The number of aliphatic hydroxyl groups excluding tert-OH is 1. The van der Waals surface area contributed by atoms with Gasteiger partial charge in [-0.2, -0.15) is 0 Å². The number of nitrogen functional groups attached to an aromatic ring is 1. The van der Waals surface area contributed by atoms with Crippen LogP contribution in [0.2, 0.25) is 0 Å². The Labute approximate surface area is 119 Å². The van der Waals surface area contributed by atoms with Crippen molar-refractivity contribution in [3.63, 3.8) is 0 Å². The van der Waals surface area contributed by atoms with Gasteiger partial charge in [-0.05, 0) is 50.4 Å². The van der Waals surface area contributed by atoms with Crippen molar-refractivity contribution in [2.24, 2.45) is 5.92 Å². The molecule has 1 heterocycles. The summed E-state index contributed by atoms with van der Waals surface area (Å²) in [4.78, 5) is 13.5. The second kappa shape index (κ2) is 6.24. The van der Waals surface area contributed by atoms with Crippen LogP contribution in [0.5, 0.6) is 0 Å². The van der Waals surface area contributed by atoms with Crippen LogP contribution in [0.4, 0.5) is 5.69 Å². The first-order chi connectivity index (χ1) is 9.49. The zero-order valence-corrected chi connectivity index (χ0v) is 11.7. The van der Waals surface area contributed by atoms with Gasteiger partial charge in [0.2, 0.25) is 0 Å². The van der Waals surface area contributed by atoms with Crippen LogP contribution in [0.1, 0.15) is 35.7 Å². The van der Waals surface area contributed by atoms with E-state index < -0.39 is 5.97 Å². The fourth-order valence-electron chi connectivity index (χ4n) is 2.85. The van der Waals surface area contributed by atoms with Gasteiger partial charge in [-0.25, -0.2) is 4.79 Å². The lowest BCUT2D eigenvalue weighted by molar-refractivity contribution is 0.0673. The normalized spacial score (nSPS) is 18.9. The molecule has 1 aliphatic rings. The van der Waals surface area contributed by atoms with Gasteiger partial charge < -0.3 is 15.9 Å². The maximum atomic E-state index is 11.3. The second-order valence-corrected chi connectivity index (χ2v) is 5.54. The lowest BCUT2D eigenvalue weighted by Crippen LogP contribution is -2.36. The predicted octanol–water partition coefficient (Wildman–Crippen LogP) is 1.56. The standard InChI is InChI=1S/C15H22N2O3/c1-10(18)11-5-7-17(8-6-11)9-12-3-2-4-13(16)14(12)15(19)20/h2-4,10-11,18H,5-9,16H2,1H3,(H,19,20). The molecule has 1 aliphatic heterocycles. The average Bonchev–Trinajstić information content (AvgIpc) is 2.39. The molecule has 5 nitrogen and oxygen atoms in total. The Balaban J connectivity index is 2.05. The topological polar surface area (TPSA) is 86.8 Å². The van der Waals surface area contributed by atoms with Crippen LogP contribution < -0.4 is 5.73 Å². The van der Waals surface area contributed by atoms with Crippen molar-refractivity contribution >= 4 is 11.7 Å². The van der Waals surface area contributed by atoms with Crippen molar-refractivity contribution < 1.29 is 15.0 Å². The first kappa shape index (κ1) is 14.8. The number of benzene rings is 1. The van der Waals surface area contributed by atoms with E-state index in [0.29, 0.717) is 18.2 Å². The van der Waals surface area contributed by atoms with Crippen molar-refractivity contribution in [1.82, 2.24) is 4.90 Å². The maximum absolute atomic E-state index is 11.3. The fourth-order valence-corrected chi connectivity index (χ4v) is 2.85. The molecule has 5 heteroatoms. The Morgan fingerprint density at radius 3 is 2.65 bits per heavy atom. The van der Waals surface area contributed by atoms with E-state index >= 15 is 0 Å². The summed E-state index contributed by atoms with van der Waals surface area (Å²) in [5, 5.41) is 18.9. The van der Waals surface area contributed by atoms with Gasteiger partial charge >= 0.3 is 5.97 Å². The van der Waals surface area contributed by atoms with Crippen LogP contribution in [-0.2, 0) is 6.54 Å². The minimum absolute atomic E-state index is 0.213. The Morgan fingerprint density at radius 1 is 1.45 bits per heavy atom. The number of hydrogen-bond acceptors (Lipinski definition) is 4. The molecule has 0 amide bonds. The molecule has 0 spiro atoms. The van der Waals surface area contributed by atoms with Crippen molar-refractivity contribution in [2.75, 3.05) is 18.8 Å². The summed E-state index contributed by atoms with van der Waals surface area (Å²) in [6.45, 7) is 4.19. The quantitative estimate of drug-likeness (QED) is 0.728. The van der Waals surface area contributed by atoms with Gasteiger partial charge in [-0.15, -0.1) is 0 Å². The number of anilines is 1. The third kappa shape index (κ3) is 3.29. The first-order valence-electron chi connectivity index (χ1n) is 7.00. The van der Waals surface area contributed by atoms with Gasteiger partial charge in [0.25, 0.3) is 0 Å². The Bertz CT molecular complexity index is 480. The number of carboxylic acids is 1. The van der Waals surface area contributed by atoms with Crippen molar-refractivity contribution in [3.05, 3.63) is 29.3 Å². The maximum Gasteiger partial charge on any atom is 0.338 e. The van der Waals surface area contributed by atoms with Gasteiger partial charge in [0.1, 0.15) is 0 Å². The highest BCUT2D eigenvalue weighted by Crippen LogP contribution is 2.24. The average molecular weight is 278 g/mol. The minimum Gasteiger partial charge on any atom is -0.478 e. The van der Waals surface area contributed by atoms with Crippen LogP contribution in [0.3, 0.4) is 0 Å². The van der Waals surface area contributed by atoms with E-state index in [1.54, 1.807) is 12.1 Å². The van der Waals surface area contributed by atoms with E-state index in [-0.39, 0.29) is 11.7 Å². The highest BCUT2D eigenvalue weighted by Gasteiger charge is 2.24. The van der Waals surface area contributed by atoms with Crippen molar-refractivity contribution in [1.29, 1.82) is 0 Å². The number of nitrogens with two attached hydrogens (primary N) is 1. The number of aliphatic hydroxyl groups is 1. The molecule has 1 aromatic carbocycles. The number of rotatable bonds is 4. The summed E-state index contributed by atoms with van der Waals surface area (Å²) in [5.41, 5.74) is 7.04. The summed E-state index contributed by atoms with van der Waals surface area (Å²) >= 11 is 0. The molecular weight excluding hydrogens is 256 g/mol. The Kier molecular flexibility index (Phi) is 4.62. The summed E-state index contributed by atoms with van der Waals surface area (Å²) in [7, 11) is 0. The molecule has 1 aromatic rings. The lowest BCUT2D eigenvalue weighted by Gasteiger charge is -2.33. The molecule has 1 saturated heterocycles. The van der Waals surface area contributed by atoms with E-state index in [0.717, 1.165) is 31.5 Å². The third-order valence-corrected chi connectivity index (χ3v) is 4.11. The van der Waals surface area contributed by atoms with Crippen LogP contribution in [0, 0.1) is 5.92 Å². The number of hydrogen-bond donors (Lipinski definition) is 3. The van der Waals surface area contributed by atoms with E-state index in [4.69, 9.17) is 5.73 Å². The number of likely N-dealkylation sites (tertiary alicyclic amines) is 1. The summed E-state index contributed by atoms with van der Waals surface area (Å²) in [5.74, 6) is -0.622. The monoisotopic (exact) mass is 278 g/mol. The summed E-state index contributed by atoms with van der Waals surface area (Å²) in [6, 6.07) is 5.23. The van der Waals surface area contributed by atoms with Gasteiger partial charge in [-0.3, -0.25) is 4.90 Å². The Hall–Kier alpha value is -1.59. The summed E-state index contributed by atoms with van der Waals surface area (Å²) < 4.78 is 0. The van der Waals surface area contributed by atoms with Crippen LogP contribution in [0.15, 0.2) is 18.2 Å². The molecule has 0 saturated carbocycles. The highest BCUT2D eigenvalue weighted by atomic mass is 16.4. The van der Waals surface area contributed by atoms with Gasteiger partial charge in [0, 0.05) is 12.2 Å². The molecular formula is C15H22N2O3. The fraction of sp³-hybridized carbons (Fsp3) is 0.533.